The molecule has 6 heteroatoms. The van der Waals surface area contributed by atoms with Crippen molar-refractivity contribution in [3.8, 4) is 5.69 Å². The molecule has 0 atom stereocenters. The molecule has 1 aliphatic heterocycles. The standard InChI is InChI=1S/C16H13FN2OS2/c1-2-18-15(20)14(22-16(18)21)10-13-4-3-9-19(13)12-7-5-11(17)6-8-12/h3-10H,2H2,1H3. The molecule has 3 rings (SSSR count). The number of rotatable bonds is 3. The molecule has 2 aromatic rings. The molecular formula is C16H13FN2OS2. The second-order valence-corrected chi connectivity index (χ2v) is 6.38. The summed E-state index contributed by atoms with van der Waals surface area (Å²) in [4.78, 5) is 14.4. The molecule has 1 aliphatic rings. The zero-order valence-electron chi connectivity index (χ0n) is 11.8. The molecule has 1 amide bonds. The van der Waals surface area contributed by atoms with Crippen LogP contribution in [0, 0.1) is 5.82 Å². The summed E-state index contributed by atoms with van der Waals surface area (Å²) in [7, 11) is 0. The van der Waals surface area contributed by atoms with Gasteiger partial charge in [0.2, 0.25) is 0 Å². The molecule has 1 fully saturated rings. The Labute approximate surface area is 137 Å². The van der Waals surface area contributed by atoms with Gasteiger partial charge in [0.15, 0.2) is 0 Å². The highest BCUT2D eigenvalue weighted by atomic mass is 32.2. The summed E-state index contributed by atoms with van der Waals surface area (Å²) in [5.74, 6) is -0.342. The van der Waals surface area contributed by atoms with Gasteiger partial charge in [0.1, 0.15) is 10.1 Å². The lowest BCUT2D eigenvalue weighted by molar-refractivity contribution is -0.121. The number of carbonyl (C=O) groups excluding carboxylic acids is 1. The fourth-order valence-electron chi connectivity index (χ4n) is 2.26. The molecule has 22 heavy (non-hydrogen) atoms. The summed E-state index contributed by atoms with van der Waals surface area (Å²) in [6.45, 7) is 2.47. The van der Waals surface area contributed by atoms with Crippen molar-refractivity contribution in [3.05, 3.63) is 59.0 Å². The topological polar surface area (TPSA) is 25.2 Å². The van der Waals surface area contributed by atoms with Crippen LogP contribution in [0.15, 0.2) is 47.5 Å². The van der Waals surface area contributed by atoms with Crippen molar-refractivity contribution >= 4 is 40.3 Å². The van der Waals surface area contributed by atoms with Gasteiger partial charge in [0, 0.05) is 24.1 Å². The van der Waals surface area contributed by atoms with Gasteiger partial charge in [-0.3, -0.25) is 9.69 Å². The first-order valence-electron chi connectivity index (χ1n) is 6.79. The number of carbonyl (C=O) groups is 1. The predicted octanol–water partition coefficient (Wildman–Crippen LogP) is 3.84. The Morgan fingerprint density at radius 1 is 1.27 bits per heavy atom. The van der Waals surface area contributed by atoms with E-state index in [-0.39, 0.29) is 11.7 Å². The third kappa shape index (κ3) is 2.71. The largest absolute Gasteiger partial charge is 0.317 e. The van der Waals surface area contributed by atoms with Gasteiger partial charge in [-0.1, -0.05) is 24.0 Å². The normalized spacial score (nSPS) is 16.8. The van der Waals surface area contributed by atoms with E-state index >= 15 is 0 Å². The lowest BCUT2D eigenvalue weighted by Crippen LogP contribution is -2.27. The van der Waals surface area contributed by atoms with Gasteiger partial charge in [-0.2, -0.15) is 0 Å². The van der Waals surface area contributed by atoms with Crippen molar-refractivity contribution in [2.75, 3.05) is 6.54 Å². The van der Waals surface area contributed by atoms with Crippen LogP contribution in [0.4, 0.5) is 4.39 Å². The van der Waals surface area contributed by atoms with Crippen molar-refractivity contribution in [2.45, 2.75) is 6.92 Å². The number of nitrogens with zero attached hydrogens (tertiary/aromatic N) is 2. The lowest BCUT2D eigenvalue weighted by atomic mass is 10.3. The van der Waals surface area contributed by atoms with Crippen LogP contribution in [0.2, 0.25) is 0 Å². The maximum absolute atomic E-state index is 13.0. The number of likely N-dealkylation sites (N-methyl/N-ethyl adjacent to an activating group) is 1. The highest BCUT2D eigenvalue weighted by molar-refractivity contribution is 8.26. The van der Waals surface area contributed by atoms with E-state index in [1.54, 1.807) is 17.0 Å². The third-order valence-corrected chi connectivity index (χ3v) is 4.73. The molecule has 0 spiro atoms. The second-order valence-electron chi connectivity index (χ2n) is 4.71. The Morgan fingerprint density at radius 2 is 2.00 bits per heavy atom. The second kappa shape index (κ2) is 6.06. The van der Waals surface area contributed by atoms with Crippen molar-refractivity contribution < 1.29 is 9.18 Å². The Balaban J connectivity index is 1.96. The SMILES string of the molecule is CCN1C(=O)C(=Cc2cccn2-c2ccc(F)cc2)SC1=S. The van der Waals surface area contributed by atoms with Gasteiger partial charge in [0.05, 0.1) is 4.91 Å². The first-order chi connectivity index (χ1) is 10.6. The third-order valence-electron chi connectivity index (χ3n) is 3.35. The average Bonchev–Trinajstić information content (AvgIpc) is 3.06. The summed E-state index contributed by atoms with van der Waals surface area (Å²) in [5.41, 5.74) is 1.69. The zero-order valence-corrected chi connectivity index (χ0v) is 13.5. The van der Waals surface area contributed by atoms with Gasteiger partial charge in [-0.05, 0) is 49.4 Å². The minimum absolute atomic E-state index is 0.0654. The summed E-state index contributed by atoms with van der Waals surface area (Å²) < 4.78 is 15.5. The first kappa shape index (κ1) is 15.0. The molecule has 2 heterocycles. The van der Waals surface area contributed by atoms with Gasteiger partial charge >= 0.3 is 0 Å². The Morgan fingerprint density at radius 3 is 2.64 bits per heavy atom. The Bertz CT molecular complexity index is 765. The fourth-order valence-corrected chi connectivity index (χ4v) is 3.62. The van der Waals surface area contributed by atoms with Crippen LogP contribution in [-0.2, 0) is 4.79 Å². The molecule has 0 bridgehead atoms. The molecule has 112 valence electrons. The zero-order chi connectivity index (χ0) is 15.7. The van der Waals surface area contributed by atoms with E-state index < -0.39 is 0 Å². The summed E-state index contributed by atoms with van der Waals surface area (Å²) >= 11 is 6.52. The van der Waals surface area contributed by atoms with Gasteiger partial charge in [-0.15, -0.1) is 0 Å². The minimum Gasteiger partial charge on any atom is -0.317 e. The van der Waals surface area contributed by atoms with Gasteiger partial charge in [0.25, 0.3) is 5.91 Å². The number of thiocarbonyl (C=S) groups is 1. The smallest absolute Gasteiger partial charge is 0.266 e. The number of aromatic nitrogens is 1. The molecule has 0 saturated carbocycles. The van der Waals surface area contributed by atoms with E-state index in [2.05, 4.69) is 0 Å². The van der Waals surface area contributed by atoms with E-state index in [4.69, 9.17) is 12.2 Å². The molecule has 0 N–H and O–H groups in total. The molecule has 3 nitrogen and oxygen atoms in total. The maximum atomic E-state index is 13.0. The van der Waals surface area contributed by atoms with Crippen LogP contribution in [-0.4, -0.2) is 26.2 Å². The number of amides is 1. The Kier molecular flexibility index (Phi) is 4.13. The van der Waals surface area contributed by atoms with Crippen molar-refractivity contribution in [3.63, 3.8) is 0 Å². The minimum atomic E-state index is -0.277. The Hall–Kier alpha value is -1.92. The van der Waals surface area contributed by atoms with Gasteiger partial charge < -0.3 is 4.57 Å². The van der Waals surface area contributed by atoms with Crippen LogP contribution >= 0.6 is 24.0 Å². The molecule has 1 saturated heterocycles. The van der Waals surface area contributed by atoms with E-state index in [1.165, 1.54) is 23.9 Å². The molecule has 0 unspecified atom stereocenters. The van der Waals surface area contributed by atoms with Crippen LogP contribution < -0.4 is 0 Å². The number of hydrogen-bond acceptors (Lipinski definition) is 3. The van der Waals surface area contributed by atoms with Crippen LogP contribution in [0.1, 0.15) is 12.6 Å². The van der Waals surface area contributed by atoms with E-state index in [0.29, 0.717) is 15.8 Å². The molecule has 0 aliphatic carbocycles. The highest BCUT2D eigenvalue weighted by Gasteiger charge is 2.30. The van der Waals surface area contributed by atoms with Crippen molar-refractivity contribution in [1.82, 2.24) is 9.47 Å². The lowest BCUT2D eigenvalue weighted by Gasteiger charge is -2.10. The maximum Gasteiger partial charge on any atom is 0.266 e. The van der Waals surface area contributed by atoms with Crippen LogP contribution in [0.25, 0.3) is 11.8 Å². The molecule has 1 aromatic carbocycles. The van der Waals surface area contributed by atoms with Crippen LogP contribution in [0.3, 0.4) is 0 Å². The number of hydrogen-bond donors (Lipinski definition) is 0. The quantitative estimate of drug-likeness (QED) is 0.631. The fraction of sp³-hybridized carbons (Fsp3) is 0.125. The molecule has 0 radical (unpaired) electrons. The van der Waals surface area contributed by atoms with Crippen LogP contribution in [0.5, 0.6) is 0 Å². The molecule has 1 aromatic heterocycles. The van der Waals surface area contributed by atoms with Crippen molar-refractivity contribution in [1.29, 1.82) is 0 Å². The first-order valence-corrected chi connectivity index (χ1v) is 8.01. The van der Waals surface area contributed by atoms with E-state index in [9.17, 15) is 9.18 Å². The average molecular weight is 332 g/mol. The van der Waals surface area contributed by atoms with E-state index in [0.717, 1.165) is 11.4 Å². The van der Waals surface area contributed by atoms with Gasteiger partial charge in [-0.25, -0.2) is 4.39 Å². The summed E-state index contributed by atoms with van der Waals surface area (Å²) in [6.07, 6.45) is 3.69. The summed E-state index contributed by atoms with van der Waals surface area (Å²) in [5, 5.41) is 0. The number of thioether (sulfide) groups is 1. The predicted molar refractivity (Wildman–Crippen MR) is 91.3 cm³/mol. The monoisotopic (exact) mass is 332 g/mol. The summed E-state index contributed by atoms with van der Waals surface area (Å²) in [6, 6.07) is 10.0. The number of halogens is 1. The molecular weight excluding hydrogens is 319 g/mol. The number of benzene rings is 1. The van der Waals surface area contributed by atoms with Crippen molar-refractivity contribution in [2.24, 2.45) is 0 Å². The highest BCUT2D eigenvalue weighted by Crippen LogP contribution is 2.32. The van der Waals surface area contributed by atoms with E-state index in [1.807, 2.05) is 35.9 Å².